The fourth-order valence-corrected chi connectivity index (χ4v) is 3.08. The Morgan fingerprint density at radius 3 is 2.58 bits per heavy atom. The summed E-state index contributed by atoms with van der Waals surface area (Å²) in [4.78, 5) is 39.7. The predicted molar refractivity (Wildman–Crippen MR) is 102 cm³/mol. The summed E-state index contributed by atoms with van der Waals surface area (Å²) in [5.41, 5.74) is 1.29. The second kappa shape index (κ2) is 8.82. The summed E-state index contributed by atoms with van der Waals surface area (Å²) in [6.07, 6.45) is 2.33. The Kier molecular flexibility index (Phi) is 6.76. The van der Waals surface area contributed by atoms with Gasteiger partial charge in [-0.25, -0.2) is 4.79 Å². The maximum Gasteiger partial charge on any atom is 0.328 e. The van der Waals surface area contributed by atoms with E-state index in [0.717, 1.165) is 18.5 Å². The first-order chi connectivity index (χ1) is 12.1. The maximum absolute atomic E-state index is 12.8. The number of carbonyl (C=O) groups excluding carboxylic acids is 1. The van der Waals surface area contributed by atoms with Gasteiger partial charge in [-0.3, -0.25) is 19.1 Å². The van der Waals surface area contributed by atoms with Crippen molar-refractivity contribution in [1.29, 1.82) is 0 Å². The Labute approximate surface area is 157 Å². The van der Waals surface area contributed by atoms with Gasteiger partial charge in [-0.15, -0.1) is 12.4 Å². The largest absolute Gasteiger partial charge is 0.332 e. The summed E-state index contributed by atoms with van der Waals surface area (Å²) >= 11 is 0. The van der Waals surface area contributed by atoms with Gasteiger partial charge in [0.2, 0.25) is 5.91 Å². The number of aromatic amines is 1. The number of halogens is 1. The summed E-state index contributed by atoms with van der Waals surface area (Å²) in [6, 6.07) is 9.46. The van der Waals surface area contributed by atoms with E-state index in [2.05, 4.69) is 41.5 Å². The Morgan fingerprint density at radius 2 is 1.92 bits per heavy atom. The fraction of sp³-hybridized carbons (Fsp3) is 0.389. The van der Waals surface area contributed by atoms with Gasteiger partial charge in [0, 0.05) is 31.9 Å². The summed E-state index contributed by atoms with van der Waals surface area (Å²) in [7, 11) is 0. The zero-order valence-corrected chi connectivity index (χ0v) is 15.4. The predicted octanol–water partition coefficient (Wildman–Crippen LogP) is 0.694. The lowest BCUT2D eigenvalue weighted by atomic mass is 10.0. The van der Waals surface area contributed by atoms with Gasteiger partial charge in [0.25, 0.3) is 5.56 Å². The number of amides is 1. The molecular weight excluding hydrogens is 356 g/mol. The highest BCUT2D eigenvalue weighted by Crippen LogP contribution is 2.23. The number of piperazine rings is 1. The minimum Gasteiger partial charge on any atom is -0.332 e. The standard InChI is InChI=1S/C18H22N4O3.ClH/c1-2-13-3-5-14(6-4-13)15-11-19-8-10-22(15)17(24)12-21-9-7-16(23)20-18(21)25;/h3-7,9,15,19H,2,8,10-12H2,1H3,(H,20,23,25);1H. The van der Waals surface area contributed by atoms with Gasteiger partial charge in [-0.1, -0.05) is 31.2 Å². The number of carbonyl (C=O) groups is 1. The van der Waals surface area contributed by atoms with Crippen LogP contribution in [-0.2, 0) is 17.8 Å². The highest BCUT2D eigenvalue weighted by atomic mass is 35.5. The van der Waals surface area contributed by atoms with Crippen molar-refractivity contribution in [2.45, 2.75) is 25.9 Å². The molecule has 0 aliphatic carbocycles. The van der Waals surface area contributed by atoms with Crippen molar-refractivity contribution >= 4 is 18.3 Å². The number of rotatable bonds is 4. The smallest absolute Gasteiger partial charge is 0.328 e. The Bertz CT molecular complexity index is 860. The molecule has 140 valence electrons. The topological polar surface area (TPSA) is 87.2 Å². The molecule has 1 atom stereocenters. The summed E-state index contributed by atoms with van der Waals surface area (Å²) in [6.45, 7) is 4.00. The van der Waals surface area contributed by atoms with Crippen LogP contribution in [0.5, 0.6) is 0 Å². The number of hydrogen-bond donors (Lipinski definition) is 2. The first kappa shape index (κ1) is 19.9. The van der Waals surface area contributed by atoms with E-state index in [4.69, 9.17) is 0 Å². The van der Waals surface area contributed by atoms with Crippen LogP contribution in [0.15, 0.2) is 46.1 Å². The second-order valence-electron chi connectivity index (χ2n) is 6.14. The van der Waals surface area contributed by atoms with Crippen molar-refractivity contribution < 1.29 is 4.79 Å². The second-order valence-corrected chi connectivity index (χ2v) is 6.14. The minimum absolute atomic E-state index is 0. The number of nitrogens with one attached hydrogen (secondary N) is 2. The molecule has 1 aromatic carbocycles. The first-order valence-electron chi connectivity index (χ1n) is 8.47. The van der Waals surface area contributed by atoms with Gasteiger partial charge in [0.05, 0.1) is 6.04 Å². The molecule has 1 aliphatic heterocycles. The molecule has 2 N–H and O–H groups in total. The Hall–Kier alpha value is -2.38. The average Bonchev–Trinajstić information content (AvgIpc) is 2.64. The lowest BCUT2D eigenvalue weighted by Crippen LogP contribution is -2.50. The molecule has 7 nitrogen and oxygen atoms in total. The van der Waals surface area contributed by atoms with E-state index in [1.807, 2.05) is 0 Å². The highest BCUT2D eigenvalue weighted by molar-refractivity contribution is 5.85. The third-order valence-corrected chi connectivity index (χ3v) is 4.54. The summed E-state index contributed by atoms with van der Waals surface area (Å²) in [5.74, 6) is -0.139. The Morgan fingerprint density at radius 1 is 1.19 bits per heavy atom. The zero-order chi connectivity index (χ0) is 17.8. The molecule has 2 aromatic rings. The van der Waals surface area contributed by atoms with E-state index in [9.17, 15) is 14.4 Å². The summed E-state index contributed by atoms with van der Waals surface area (Å²) in [5, 5.41) is 3.32. The van der Waals surface area contributed by atoms with E-state index in [-0.39, 0.29) is 30.9 Å². The van der Waals surface area contributed by atoms with Crippen LogP contribution in [0.3, 0.4) is 0 Å². The number of benzene rings is 1. The highest BCUT2D eigenvalue weighted by Gasteiger charge is 2.28. The third-order valence-electron chi connectivity index (χ3n) is 4.54. The van der Waals surface area contributed by atoms with E-state index >= 15 is 0 Å². The molecule has 0 radical (unpaired) electrons. The van der Waals surface area contributed by atoms with Crippen LogP contribution in [-0.4, -0.2) is 40.0 Å². The molecule has 1 unspecified atom stereocenters. The van der Waals surface area contributed by atoms with Crippen LogP contribution in [0, 0.1) is 0 Å². The van der Waals surface area contributed by atoms with E-state index < -0.39 is 11.2 Å². The molecule has 1 saturated heterocycles. The normalized spacial score (nSPS) is 16.8. The van der Waals surface area contributed by atoms with Gasteiger partial charge in [-0.2, -0.15) is 0 Å². The molecular formula is C18H23ClN4O3. The van der Waals surface area contributed by atoms with Crippen molar-refractivity contribution in [3.63, 3.8) is 0 Å². The molecule has 2 heterocycles. The lowest BCUT2D eigenvalue weighted by molar-refractivity contribution is -0.135. The molecule has 3 rings (SSSR count). The van der Waals surface area contributed by atoms with Crippen molar-refractivity contribution in [1.82, 2.24) is 19.8 Å². The first-order valence-corrected chi connectivity index (χ1v) is 8.47. The molecule has 0 spiro atoms. The molecule has 1 fully saturated rings. The van der Waals surface area contributed by atoms with Gasteiger partial charge in [-0.05, 0) is 17.5 Å². The molecule has 26 heavy (non-hydrogen) atoms. The number of H-pyrrole nitrogens is 1. The fourth-order valence-electron chi connectivity index (χ4n) is 3.08. The Balaban J connectivity index is 0.00000243. The van der Waals surface area contributed by atoms with Crippen LogP contribution < -0.4 is 16.6 Å². The number of hydrogen-bond acceptors (Lipinski definition) is 4. The molecule has 1 amide bonds. The van der Waals surface area contributed by atoms with E-state index in [0.29, 0.717) is 13.1 Å². The number of aromatic nitrogens is 2. The minimum atomic E-state index is -0.570. The van der Waals surface area contributed by atoms with Crippen molar-refractivity contribution in [3.05, 3.63) is 68.5 Å². The monoisotopic (exact) mass is 378 g/mol. The SMILES string of the molecule is CCc1ccc(C2CNCCN2C(=O)Cn2ccc(=O)[nH]c2=O)cc1.Cl. The molecule has 0 bridgehead atoms. The summed E-state index contributed by atoms with van der Waals surface area (Å²) < 4.78 is 1.23. The van der Waals surface area contributed by atoms with Crippen LogP contribution in [0.1, 0.15) is 24.1 Å². The molecule has 1 aliphatic rings. The number of nitrogens with zero attached hydrogens (tertiary/aromatic N) is 2. The van der Waals surface area contributed by atoms with E-state index in [1.165, 1.54) is 22.4 Å². The average molecular weight is 379 g/mol. The van der Waals surface area contributed by atoms with Crippen molar-refractivity contribution in [2.75, 3.05) is 19.6 Å². The molecule has 8 heteroatoms. The quantitative estimate of drug-likeness (QED) is 0.819. The van der Waals surface area contributed by atoms with Crippen molar-refractivity contribution in [3.8, 4) is 0 Å². The van der Waals surface area contributed by atoms with Gasteiger partial charge >= 0.3 is 5.69 Å². The zero-order valence-electron chi connectivity index (χ0n) is 14.6. The van der Waals surface area contributed by atoms with Crippen LogP contribution in [0.4, 0.5) is 0 Å². The van der Waals surface area contributed by atoms with Gasteiger partial charge < -0.3 is 10.2 Å². The molecule has 1 aromatic heterocycles. The van der Waals surface area contributed by atoms with Gasteiger partial charge in [0.1, 0.15) is 6.54 Å². The number of aryl methyl sites for hydroxylation is 1. The maximum atomic E-state index is 12.8. The van der Waals surface area contributed by atoms with Crippen LogP contribution in [0.2, 0.25) is 0 Å². The van der Waals surface area contributed by atoms with E-state index in [1.54, 1.807) is 4.90 Å². The molecule has 0 saturated carbocycles. The lowest BCUT2D eigenvalue weighted by Gasteiger charge is -2.36. The van der Waals surface area contributed by atoms with Crippen molar-refractivity contribution in [2.24, 2.45) is 0 Å². The third kappa shape index (κ3) is 4.42. The van der Waals surface area contributed by atoms with Crippen LogP contribution >= 0.6 is 12.4 Å². The van der Waals surface area contributed by atoms with Crippen LogP contribution in [0.25, 0.3) is 0 Å². The van der Waals surface area contributed by atoms with Gasteiger partial charge in [0.15, 0.2) is 0 Å².